The van der Waals surface area contributed by atoms with E-state index >= 15 is 0 Å². The zero-order valence-electron chi connectivity index (χ0n) is 8.39. The Morgan fingerprint density at radius 3 is 2.42 bits per heavy atom. The molecule has 0 amide bonds. The van der Waals surface area contributed by atoms with Crippen molar-refractivity contribution in [3.8, 4) is 0 Å². The number of hydrogen-bond donors (Lipinski definition) is 0. The Morgan fingerprint density at radius 2 is 2.00 bits per heavy atom. The van der Waals surface area contributed by atoms with Crippen LogP contribution in [-0.2, 0) is 0 Å². The molecule has 1 saturated carbocycles. The minimum Gasteiger partial charge on any atom is -0.303 e. The number of alkyl halides is 1. The van der Waals surface area contributed by atoms with Crippen LogP contribution in [0.1, 0.15) is 26.7 Å². The molecule has 0 spiro atoms. The third-order valence-electron chi connectivity index (χ3n) is 2.86. The molecule has 1 fully saturated rings. The van der Waals surface area contributed by atoms with Crippen LogP contribution in [0.5, 0.6) is 0 Å². The molecular formula is C10H20ClN. The van der Waals surface area contributed by atoms with Gasteiger partial charge < -0.3 is 4.90 Å². The second-order valence-corrected chi connectivity index (χ2v) is 4.59. The highest BCUT2D eigenvalue weighted by atomic mass is 35.5. The van der Waals surface area contributed by atoms with Gasteiger partial charge in [0.05, 0.1) is 0 Å². The van der Waals surface area contributed by atoms with Crippen LogP contribution < -0.4 is 0 Å². The molecule has 0 radical (unpaired) electrons. The Morgan fingerprint density at radius 1 is 1.42 bits per heavy atom. The van der Waals surface area contributed by atoms with Crippen molar-refractivity contribution < 1.29 is 0 Å². The minimum absolute atomic E-state index is 0.623. The van der Waals surface area contributed by atoms with Crippen LogP contribution in [0.2, 0.25) is 0 Å². The van der Waals surface area contributed by atoms with E-state index in [1.807, 2.05) is 0 Å². The van der Waals surface area contributed by atoms with Crippen LogP contribution in [0.15, 0.2) is 0 Å². The zero-order chi connectivity index (χ0) is 9.14. The average molecular weight is 190 g/mol. The van der Waals surface area contributed by atoms with Gasteiger partial charge in [0.1, 0.15) is 0 Å². The molecule has 1 aliphatic rings. The van der Waals surface area contributed by atoms with Gasteiger partial charge in [0.15, 0.2) is 0 Å². The first kappa shape index (κ1) is 10.3. The number of rotatable bonds is 5. The first-order chi connectivity index (χ1) is 5.65. The molecule has 0 aliphatic heterocycles. The van der Waals surface area contributed by atoms with Gasteiger partial charge in [-0.15, -0.1) is 11.6 Å². The lowest BCUT2D eigenvalue weighted by Crippen LogP contribution is -2.34. The van der Waals surface area contributed by atoms with Crippen molar-refractivity contribution in [1.82, 2.24) is 4.90 Å². The molecule has 0 aromatic rings. The van der Waals surface area contributed by atoms with E-state index in [9.17, 15) is 0 Å². The molecule has 0 N–H and O–H groups in total. The van der Waals surface area contributed by atoms with Crippen molar-refractivity contribution in [3.05, 3.63) is 0 Å². The largest absolute Gasteiger partial charge is 0.303 e. The summed E-state index contributed by atoms with van der Waals surface area (Å²) in [4.78, 5) is 2.45. The molecule has 2 atom stereocenters. The van der Waals surface area contributed by atoms with E-state index in [0.717, 1.165) is 24.4 Å². The van der Waals surface area contributed by atoms with Crippen LogP contribution in [0.3, 0.4) is 0 Å². The Kier molecular flexibility index (Phi) is 3.85. The SMILES string of the molecule is CC(CCl)CN(C)C(C)C1CC1. The summed E-state index contributed by atoms with van der Waals surface area (Å²) in [6.07, 6.45) is 2.86. The Bertz CT molecular complexity index is 134. The quantitative estimate of drug-likeness (QED) is 0.601. The molecule has 0 heterocycles. The Hall–Kier alpha value is 0.250. The van der Waals surface area contributed by atoms with Gasteiger partial charge in [0, 0.05) is 18.5 Å². The maximum Gasteiger partial charge on any atom is 0.0261 e. The molecule has 0 aromatic carbocycles. The molecule has 72 valence electrons. The smallest absolute Gasteiger partial charge is 0.0261 e. The molecule has 0 aromatic heterocycles. The summed E-state index contributed by atoms with van der Waals surface area (Å²) in [6.45, 7) is 5.68. The molecule has 0 saturated heterocycles. The summed E-state index contributed by atoms with van der Waals surface area (Å²) in [5.74, 6) is 2.37. The molecule has 1 rings (SSSR count). The summed E-state index contributed by atoms with van der Waals surface area (Å²) < 4.78 is 0. The van der Waals surface area contributed by atoms with Crippen molar-refractivity contribution in [2.75, 3.05) is 19.5 Å². The third kappa shape index (κ3) is 2.95. The second kappa shape index (κ2) is 4.48. The zero-order valence-corrected chi connectivity index (χ0v) is 9.14. The summed E-state index contributed by atoms with van der Waals surface area (Å²) in [7, 11) is 2.21. The lowest BCUT2D eigenvalue weighted by Gasteiger charge is -2.26. The number of halogens is 1. The average Bonchev–Trinajstić information content (AvgIpc) is 2.85. The lowest BCUT2D eigenvalue weighted by molar-refractivity contribution is 0.212. The molecule has 1 aliphatic carbocycles. The van der Waals surface area contributed by atoms with E-state index in [-0.39, 0.29) is 0 Å². The highest BCUT2D eigenvalue weighted by Gasteiger charge is 2.30. The second-order valence-electron chi connectivity index (χ2n) is 4.28. The monoisotopic (exact) mass is 189 g/mol. The predicted octanol–water partition coefficient (Wildman–Crippen LogP) is 2.59. The van der Waals surface area contributed by atoms with Crippen molar-refractivity contribution in [1.29, 1.82) is 0 Å². The van der Waals surface area contributed by atoms with E-state index in [1.165, 1.54) is 12.8 Å². The van der Waals surface area contributed by atoms with Gasteiger partial charge in [0.25, 0.3) is 0 Å². The molecule has 12 heavy (non-hydrogen) atoms. The maximum absolute atomic E-state index is 5.77. The fourth-order valence-electron chi connectivity index (χ4n) is 1.65. The van der Waals surface area contributed by atoms with Crippen molar-refractivity contribution in [3.63, 3.8) is 0 Å². The summed E-state index contributed by atoms with van der Waals surface area (Å²) in [6, 6.07) is 0.760. The summed E-state index contributed by atoms with van der Waals surface area (Å²) >= 11 is 5.77. The van der Waals surface area contributed by atoms with Gasteiger partial charge >= 0.3 is 0 Å². The first-order valence-electron chi connectivity index (χ1n) is 4.91. The predicted molar refractivity (Wildman–Crippen MR) is 54.7 cm³/mol. The topological polar surface area (TPSA) is 3.24 Å². The highest BCUT2D eigenvalue weighted by Crippen LogP contribution is 2.34. The summed E-state index contributed by atoms with van der Waals surface area (Å²) in [5, 5.41) is 0. The van der Waals surface area contributed by atoms with Gasteiger partial charge in [-0.05, 0) is 38.6 Å². The van der Waals surface area contributed by atoms with Gasteiger partial charge in [0.2, 0.25) is 0 Å². The van der Waals surface area contributed by atoms with E-state index in [2.05, 4.69) is 25.8 Å². The van der Waals surface area contributed by atoms with Crippen LogP contribution in [0.25, 0.3) is 0 Å². The van der Waals surface area contributed by atoms with Crippen LogP contribution >= 0.6 is 11.6 Å². The highest BCUT2D eigenvalue weighted by molar-refractivity contribution is 6.18. The molecule has 2 unspecified atom stereocenters. The third-order valence-corrected chi connectivity index (χ3v) is 3.39. The molecule has 0 bridgehead atoms. The van der Waals surface area contributed by atoms with Gasteiger partial charge in [-0.1, -0.05) is 6.92 Å². The van der Waals surface area contributed by atoms with Crippen LogP contribution in [0.4, 0.5) is 0 Å². The van der Waals surface area contributed by atoms with Gasteiger partial charge in [-0.2, -0.15) is 0 Å². The van der Waals surface area contributed by atoms with Gasteiger partial charge in [-0.3, -0.25) is 0 Å². The van der Waals surface area contributed by atoms with Crippen molar-refractivity contribution in [2.45, 2.75) is 32.7 Å². The van der Waals surface area contributed by atoms with E-state index in [0.29, 0.717) is 5.92 Å². The normalized spacial score (nSPS) is 22.8. The first-order valence-corrected chi connectivity index (χ1v) is 5.44. The van der Waals surface area contributed by atoms with Crippen LogP contribution in [0, 0.1) is 11.8 Å². The number of nitrogens with zero attached hydrogens (tertiary/aromatic N) is 1. The van der Waals surface area contributed by atoms with Crippen LogP contribution in [-0.4, -0.2) is 30.4 Å². The fraction of sp³-hybridized carbons (Fsp3) is 1.00. The Labute approximate surface area is 81.1 Å². The maximum atomic E-state index is 5.77. The molecular weight excluding hydrogens is 170 g/mol. The minimum atomic E-state index is 0.623. The fourth-order valence-corrected chi connectivity index (χ4v) is 1.74. The van der Waals surface area contributed by atoms with Crippen molar-refractivity contribution in [2.24, 2.45) is 11.8 Å². The molecule has 1 nitrogen and oxygen atoms in total. The van der Waals surface area contributed by atoms with Crippen molar-refractivity contribution >= 4 is 11.6 Å². The van der Waals surface area contributed by atoms with E-state index in [1.54, 1.807) is 0 Å². The standard InChI is InChI=1S/C10H20ClN/c1-8(6-11)7-12(3)9(2)10-4-5-10/h8-10H,4-7H2,1-3H3. The number of hydrogen-bond acceptors (Lipinski definition) is 1. The van der Waals surface area contributed by atoms with E-state index in [4.69, 9.17) is 11.6 Å². The lowest BCUT2D eigenvalue weighted by atomic mass is 10.1. The summed E-state index contributed by atoms with van der Waals surface area (Å²) in [5.41, 5.74) is 0. The Balaban J connectivity index is 2.21. The van der Waals surface area contributed by atoms with E-state index < -0.39 is 0 Å². The molecule has 2 heteroatoms. The van der Waals surface area contributed by atoms with Gasteiger partial charge in [-0.25, -0.2) is 0 Å².